The Balaban J connectivity index is 1.63. The quantitative estimate of drug-likeness (QED) is 0.0964. The van der Waals surface area contributed by atoms with Gasteiger partial charge in [-0.2, -0.15) is 5.10 Å². The molecule has 0 spiro atoms. The summed E-state index contributed by atoms with van der Waals surface area (Å²) in [6, 6.07) is 15.5. The lowest BCUT2D eigenvalue weighted by atomic mass is 9.98. The van der Waals surface area contributed by atoms with Gasteiger partial charge in [0.1, 0.15) is 17.8 Å². The van der Waals surface area contributed by atoms with Gasteiger partial charge in [-0.1, -0.05) is 48.5 Å². The first-order valence-corrected chi connectivity index (χ1v) is 15.1. The normalized spacial score (nSPS) is 13.1. The molecule has 0 saturated carbocycles. The van der Waals surface area contributed by atoms with Crippen molar-refractivity contribution >= 4 is 36.4 Å². The van der Waals surface area contributed by atoms with Crippen LogP contribution in [0.15, 0.2) is 58.6 Å². The predicted molar refractivity (Wildman–Crippen MR) is 175 cm³/mol. The van der Waals surface area contributed by atoms with E-state index in [1.54, 1.807) is 41.5 Å². The van der Waals surface area contributed by atoms with Gasteiger partial charge in [0, 0.05) is 25.6 Å². The highest BCUT2D eigenvalue weighted by atomic mass is 16.6. The Bertz CT molecular complexity index is 1380. The fraction of sp³-hybridized carbons (Fsp3) is 0.455. The summed E-state index contributed by atoms with van der Waals surface area (Å²) >= 11 is 0. The van der Waals surface area contributed by atoms with Gasteiger partial charge in [-0.15, -0.1) is 0 Å². The lowest BCUT2D eigenvalue weighted by Gasteiger charge is -2.22. The van der Waals surface area contributed by atoms with Crippen LogP contribution in [0, 0.1) is 0 Å². The number of guanidine groups is 1. The molecule has 0 bridgehead atoms. The van der Waals surface area contributed by atoms with Gasteiger partial charge in [-0.3, -0.25) is 20.4 Å². The van der Waals surface area contributed by atoms with Crippen LogP contribution in [-0.4, -0.2) is 66.8 Å². The number of amides is 4. The number of fused-ring (bicyclic) bond motifs is 3. The smallest absolute Gasteiger partial charge is 0.414 e. The zero-order valence-electron chi connectivity index (χ0n) is 27.4. The number of nitrogens with zero attached hydrogens (tertiary/aromatic N) is 2. The predicted octanol–water partition coefficient (Wildman–Crippen LogP) is 5.20. The molecule has 0 aromatic heterocycles. The lowest BCUT2D eigenvalue weighted by molar-refractivity contribution is -0.118. The Morgan fingerprint density at radius 3 is 1.85 bits per heavy atom. The van der Waals surface area contributed by atoms with Crippen LogP contribution in [0.1, 0.15) is 78.4 Å². The monoisotopic (exact) mass is 636 g/mol. The zero-order chi connectivity index (χ0) is 33.9. The van der Waals surface area contributed by atoms with Crippen LogP contribution < -0.4 is 21.4 Å². The molecule has 13 nitrogen and oxygen atoms in total. The molecule has 4 N–H and O–H groups in total. The summed E-state index contributed by atoms with van der Waals surface area (Å²) < 4.78 is 16.2. The van der Waals surface area contributed by atoms with E-state index in [2.05, 4.69) is 43.6 Å². The van der Waals surface area contributed by atoms with Gasteiger partial charge < -0.3 is 19.5 Å². The topological polar surface area (TPSA) is 169 Å². The van der Waals surface area contributed by atoms with Crippen LogP contribution in [-0.2, 0) is 19.0 Å². The third kappa shape index (κ3) is 11.9. The molecule has 0 heterocycles. The second-order valence-electron chi connectivity index (χ2n) is 12.6. The molecule has 13 heteroatoms. The summed E-state index contributed by atoms with van der Waals surface area (Å²) in [7, 11) is 0. The minimum absolute atomic E-state index is 0.104. The Kier molecular flexibility index (Phi) is 12.3. The number of ether oxygens (including phenoxy) is 3. The summed E-state index contributed by atoms with van der Waals surface area (Å²) in [5.74, 6) is -0.629. The molecule has 1 atom stereocenters. The highest BCUT2D eigenvalue weighted by molar-refractivity contribution is 6.01. The standard InChI is InChI=1S/C33H44N6O7/c1-21(40)39-35-19-22(13-12-18-34-28(37-30(42)45-32(2,3)4)38-31(43)46-33(5,6)7)36-29(41)44-20-27-25-16-10-8-14-23(25)24-15-9-11-17-26(24)27/h8-11,14-17,19,22,27H,12-13,18,20H2,1-7H3,(H,36,41)(H,39,40)(H2,34,37,38,42,43)/b35-19+. The molecule has 1 aliphatic carbocycles. The molecule has 4 amide bonds. The molecule has 0 aliphatic heterocycles. The van der Waals surface area contributed by atoms with Crippen molar-refractivity contribution < 1.29 is 33.4 Å². The van der Waals surface area contributed by atoms with E-state index in [0.717, 1.165) is 22.3 Å². The van der Waals surface area contributed by atoms with E-state index in [0.29, 0.717) is 12.8 Å². The van der Waals surface area contributed by atoms with Gasteiger partial charge in [0.15, 0.2) is 0 Å². The van der Waals surface area contributed by atoms with Crippen molar-refractivity contribution in [1.29, 1.82) is 0 Å². The Morgan fingerprint density at radius 1 is 0.826 bits per heavy atom. The maximum Gasteiger partial charge on any atom is 0.414 e. The van der Waals surface area contributed by atoms with Crippen molar-refractivity contribution in [3.63, 3.8) is 0 Å². The number of hydrogen-bond acceptors (Lipinski definition) is 9. The summed E-state index contributed by atoms with van der Waals surface area (Å²) in [6.07, 6.45) is -0.146. The van der Waals surface area contributed by atoms with Gasteiger partial charge in [0.2, 0.25) is 11.9 Å². The third-order valence-electron chi connectivity index (χ3n) is 6.31. The zero-order valence-corrected chi connectivity index (χ0v) is 27.4. The average Bonchev–Trinajstić information content (AvgIpc) is 3.25. The van der Waals surface area contributed by atoms with E-state index in [4.69, 9.17) is 14.2 Å². The number of nitrogens with one attached hydrogen (secondary N) is 4. The third-order valence-corrected chi connectivity index (χ3v) is 6.31. The van der Waals surface area contributed by atoms with Crippen LogP contribution in [0.3, 0.4) is 0 Å². The Morgan fingerprint density at radius 2 is 1.35 bits per heavy atom. The summed E-state index contributed by atoms with van der Waals surface area (Å²) in [5.41, 5.74) is 5.21. The van der Waals surface area contributed by atoms with Crippen molar-refractivity contribution in [2.45, 2.75) is 84.5 Å². The number of hydrogen-bond donors (Lipinski definition) is 4. The van der Waals surface area contributed by atoms with Crippen LogP contribution >= 0.6 is 0 Å². The van der Waals surface area contributed by atoms with E-state index in [-0.39, 0.29) is 30.9 Å². The molecule has 46 heavy (non-hydrogen) atoms. The molecule has 2 aromatic carbocycles. The van der Waals surface area contributed by atoms with Gasteiger partial charge in [0.05, 0.1) is 6.04 Å². The maximum absolute atomic E-state index is 12.9. The fourth-order valence-corrected chi connectivity index (χ4v) is 4.61. The maximum atomic E-state index is 12.9. The van der Waals surface area contributed by atoms with Crippen molar-refractivity contribution in [2.75, 3.05) is 13.2 Å². The van der Waals surface area contributed by atoms with Gasteiger partial charge in [-0.05, 0) is 76.6 Å². The molecule has 0 saturated heterocycles. The molecule has 1 unspecified atom stereocenters. The molecule has 3 rings (SSSR count). The first-order chi connectivity index (χ1) is 21.6. The molecular weight excluding hydrogens is 592 g/mol. The summed E-state index contributed by atoms with van der Waals surface area (Å²) in [5, 5.41) is 11.5. The first-order valence-electron chi connectivity index (χ1n) is 15.1. The number of rotatable bonds is 9. The number of hydrazone groups is 1. The highest BCUT2D eigenvalue weighted by Crippen LogP contribution is 2.44. The summed E-state index contributed by atoms with van der Waals surface area (Å²) in [4.78, 5) is 53.2. The largest absolute Gasteiger partial charge is 0.449 e. The summed E-state index contributed by atoms with van der Waals surface area (Å²) in [6.45, 7) is 11.8. The van der Waals surface area contributed by atoms with Crippen molar-refractivity contribution in [2.24, 2.45) is 10.1 Å². The second kappa shape index (κ2) is 15.9. The van der Waals surface area contributed by atoms with Crippen molar-refractivity contribution in [3.05, 3.63) is 59.7 Å². The molecule has 0 radical (unpaired) electrons. The van der Waals surface area contributed by atoms with Crippen LogP contribution in [0.25, 0.3) is 11.1 Å². The first kappa shape index (κ1) is 35.5. The van der Waals surface area contributed by atoms with Crippen LogP contribution in [0.5, 0.6) is 0 Å². The van der Waals surface area contributed by atoms with Gasteiger partial charge in [0.25, 0.3) is 0 Å². The van der Waals surface area contributed by atoms with E-state index >= 15 is 0 Å². The lowest BCUT2D eigenvalue weighted by Crippen LogP contribution is -2.47. The van der Waals surface area contributed by atoms with E-state index in [9.17, 15) is 19.2 Å². The van der Waals surface area contributed by atoms with Gasteiger partial charge in [-0.25, -0.2) is 19.8 Å². The minimum atomic E-state index is -0.806. The van der Waals surface area contributed by atoms with Crippen molar-refractivity contribution in [1.82, 2.24) is 21.4 Å². The second-order valence-corrected chi connectivity index (χ2v) is 12.6. The number of alkyl carbamates (subject to hydrolysis) is 3. The Labute approximate surface area is 269 Å². The van der Waals surface area contributed by atoms with E-state index in [1.807, 2.05) is 36.4 Å². The van der Waals surface area contributed by atoms with E-state index in [1.165, 1.54) is 13.1 Å². The molecule has 248 valence electrons. The number of carbonyl (C=O) groups is 4. The average molecular weight is 637 g/mol. The SMILES string of the molecule is CC(=O)N/N=C/C(CCCN=C(NC(=O)OC(C)(C)C)NC(=O)OC(C)(C)C)NC(=O)OCC1c2ccccc2-c2ccccc21. The van der Waals surface area contributed by atoms with Crippen molar-refractivity contribution in [3.8, 4) is 11.1 Å². The molecule has 2 aromatic rings. The Hall–Kier alpha value is -4.94. The number of benzene rings is 2. The number of carbonyl (C=O) groups excluding carboxylic acids is 4. The minimum Gasteiger partial charge on any atom is -0.449 e. The molecule has 0 fully saturated rings. The highest BCUT2D eigenvalue weighted by Gasteiger charge is 2.29. The molecule has 1 aliphatic rings. The van der Waals surface area contributed by atoms with E-state index < -0.39 is 35.5 Å². The number of aliphatic imine (C=N–C) groups is 1. The molecular formula is C33H44N6O7. The van der Waals surface area contributed by atoms with Crippen LogP contribution in [0.4, 0.5) is 14.4 Å². The van der Waals surface area contributed by atoms with Gasteiger partial charge >= 0.3 is 18.3 Å². The van der Waals surface area contributed by atoms with Crippen LogP contribution in [0.2, 0.25) is 0 Å². The fourth-order valence-electron chi connectivity index (χ4n) is 4.61.